The number of aryl methyl sites for hydroxylation is 1. The van der Waals surface area contributed by atoms with Crippen LogP contribution < -0.4 is 0 Å². The maximum atomic E-state index is 2.38. The van der Waals surface area contributed by atoms with Crippen molar-refractivity contribution in [2.75, 3.05) is 0 Å². The summed E-state index contributed by atoms with van der Waals surface area (Å²) in [5.74, 6) is 0. The van der Waals surface area contributed by atoms with Crippen LogP contribution in [0.25, 0.3) is 5.57 Å². The third kappa shape index (κ3) is 1.38. The van der Waals surface area contributed by atoms with E-state index in [1.165, 1.54) is 29.0 Å². The second-order valence-electron chi connectivity index (χ2n) is 3.03. The summed E-state index contributed by atoms with van der Waals surface area (Å²) in [6.45, 7) is 2.17. The van der Waals surface area contributed by atoms with Gasteiger partial charge in [-0.05, 0) is 43.9 Å². The molecule has 58 valence electrons. The zero-order chi connectivity index (χ0) is 7.68. The molecule has 0 aliphatic heterocycles. The first-order chi connectivity index (χ1) is 5.36. The van der Waals surface area contributed by atoms with E-state index in [1.807, 2.05) is 11.3 Å². The summed E-state index contributed by atoms with van der Waals surface area (Å²) < 4.78 is 0. The monoisotopic (exact) mass is 164 g/mol. The van der Waals surface area contributed by atoms with Gasteiger partial charge in [0.1, 0.15) is 0 Å². The molecule has 0 fully saturated rings. The van der Waals surface area contributed by atoms with Crippen molar-refractivity contribution in [2.24, 2.45) is 0 Å². The number of allylic oxidation sites excluding steroid dienone is 2. The molecule has 11 heavy (non-hydrogen) atoms. The van der Waals surface area contributed by atoms with Crippen LogP contribution in [0.5, 0.6) is 0 Å². The number of thiophene rings is 1. The lowest BCUT2D eigenvalue weighted by atomic mass is 10.2. The van der Waals surface area contributed by atoms with Gasteiger partial charge in [0.2, 0.25) is 0 Å². The van der Waals surface area contributed by atoms with E-state index in [4.69, 9.17) is 0 Å². The van der Waals surface area contributed by atoms with Crippen LogP contribution in [0.3, 0.4) is 0 Å². The molecule has 0 radical (unpaired) electrons. The van der Waals surface area contributed by atoms with Gasteiger partial charge in [0.15, 0.2) is 0 Å². The summed E-state index contributed by atoms with van der Waals surface area (Å²) in [5.41, 5.74) is 1.57. The van der Waals surface area contributed by atoms with Gasteiger partial charge in [-0.25, -0.2) is 0 Å². The van der Waals surface area contributed by atoms with Crippen LogP contribution in [0.1, 0.15) is 29.0 Å². The van der Waals surface area contributed by atoms with E-state index < -0.39 is 0 Å². The molecule has 0 saturated heterocycles. The Morgan fingerprint density at radius 2 is 2.27 bits per heavy atom. The molecule has 0 saturated carbocycles. The van der Waals surface area contributed by atoms with E-state index in [0.29, 0.717) is 0 Å². The fourth-order valence-corrected chi connectivity index (χ4v) is 2.44. The zero-order valence-electron chi connectivity index (χ0n) is 6.76. The summed E-state index contributed by atoms with van der Waals surface area (Å²) in [6, 6.07) is 4.45. The third-order valence-electron chi connectivity index (χ3n) is 2.10. The van der Waals surface area contributed by atoms with E-state index in [2.05, 4.69) is 25.1 Å². The minimum absolute atomic E-state index is 1.28. The summed E-state index contributed by atoms with van der Waals surface area (Å²) in [7, 11) is 0. The van der Waals surface area contributed by atoms with Gasteiger partial charge in [0.05, 0.1) is 0 Å². The number of hydrogen-bond donors (Lipinski definition) is 0. The van der Waals surface area contributed by atoms with Gasteiger partial charge >= 0.3 is 0 Å². The van der Waals surface area contributed by atoms with Crippen molar-refractivity contribution in [1.82, 2.24) is 0 Å². The highest BCUT2D eigenvalue weighted by molar-refractivity contribution is 7.13. The predicted molar refractivity (Wildman–Crippen MR) is 50.9 cm³/mol. The van der Waals surface area contributed by atoms with Gasteiger partial charge in [-0.15, -0.1) is 11.3 Å². The SMILES string of the molecule is Cc1ccc(C2=CCCC2)s1. The molecule has 1 aromatic rings. The van der Waals surface area contributed by atoms with Crippen LogP contribution in [0.2, 0.25) is 0 Å². The topological polar surface area (TPSA) is 0 Å². The lowest BCUT2D eigenvalue weighted by molar-refractivity contribution is 0.936. The van der Waals surface area contributed by atoms with E-state index >= 15 is 0 Å². The van der Waals surface area contributed by atoms with Crippen molar-refractivity contribution in [3.63, 3.8) is 0 Å². The van der Waals surface area contributed by atoms with Crippen molar-refractivity contribution in [2.45, 2.75) is 26.2 Å². The molecule has 0 bridgehead atoms. The lowest BCUT2D eigenvalue weighted by Gasteiger charge is -1.93. The van der Waals surface area contributed by atoms with Crippen LogP contribution >= 0.6 is 11.3 Å². The minimum Gasteiger partial charge on any atom is -0.141 e. The van der Waals surface area contributed by atoms with Crippen LogP contribution in [-0.2, 0) is 0 Å². The molecule has 1 aromatic heterocycles. The largest absolute Gasteiger partial charge is 0.141 e. The zero-order valence-corrected chi connectivity index (χ0v) is 7.58. The van der Waals surface area contributed by atoms with Crippen LogP contribution in [0, 0.1) is 6.92 Å². The van der Waals surface area contributed by atoms with E-state index in [-0.39, 0.29) is 0 Å². The highest BCUT2D eigenvalue weighted by Crippen LogP contribution is 2.31. The van der Waals surface area contributed by atoms with Gasteiger partial charge in [-0.1, -0.05) is 6.08 Å². The molecule has 0 amide bonds. The molecular weight excluding hydrogens is 152 g/mol. The fraction of sp³-hybridized carbons (Fsp3) is 0.400. The van der Waals surface area contributed by atoms with Crippen molar-refractivity contribution >= 4 is 16.9 Å². The molecule has 0 nitrogen and oxygen atoms in total. The molecule has 0 N–H and O–H groups in total. The van der Waals surface area contributed by atoms with Crippen molar-refractivity contribution in [3.8, 4) is 0 Å². The van der Waals surface area contributed by atoms with Gasteiger partial charge < -0.3 is 0 Å². The normalized spacial score (nSPS) is 17.0. The van der Waals surface area contributed by atoms with Crippen LogP contribution in [0.15, 0.2) is 18.2 Å². The summed E-state index contributed by atoms with van der Waals surface area (Å²) in [4.78, 5) is 2.91. The van der Waals surface area contributed by atoms with Crippen molar-refractivity contribution < 1.29 is 0 Å². The Balaban J connectivity index is 2.28. The van der Waals surface area contributed by atoms with Crippen molar-refractivity contribution in [1.29, 1.82) is 0 Å². The first-order valence-corrected chi connectivity index (χ1v) is 4.94. The Morgan fingerprint density at radius 3 is 2.82 bits per heavy atom. The predicted octanol–water partition coefficient (Wildman–Crippen LogP) is 3.62. The average molecular weight is 164 g/mol. The van der Waals surface area contributed by atoms with Crippen LogP contribution in [-0.4, -0.2) is 0 Å². The minimum atomic E-state index is 1.28. The Kier molecular flexibility index (Phi) is 1.82. The second-order valence-corrected chi connectivity index (χ2v) is 4.32. The smallest absolute Gasteiger partial charge is 0.0301 e. The van der Waals surface area contributed by atoms with E-state index in [1.54, 1.807) is 5.57 Å². The molecule has 0 unspecified atom stereocenters. The maximum Gasteiger partial charge on any atom is 0.0301 e. The fourth-order valence-electron chi connectivity index (χ4n) is 1.50. The van der Waals surface area contributed by atoms with Gasteiger partial charge in [-0.3, -0.25) is 0 Å². The highest BCUT2D eigenvalue weighted by atomic mass is 32.1. The van der Waals surface area contributed by atoms with Gasteiger partial charge in [0, 0.05) is 9.75 Å². The molecule has 0 aromatic carbocycles. The number of rotatable bonds is 1. The molecule has 1 aliphatic carbocycles. The standard InChI is InChI=1S/C10H12S/c1-8-6-7-10(11-8)9-4-2-3-5-9/h4,6-7H,2-3,5H2,1H3. The first-order valence-electron chi connectivity index (χ1n) is 4.12. The summed E-state index contributed by atoms with van der Waals surface area (Å²) in [6.07, 6.45) is 6.31. The molecule has 2 rings (SSSR count). The Labute approximate surface area is 71.6 Å². The molecule has 1 heteroatoms. The average Bonchev–Trinajstić information content (AvgIpc) is 2.55. The maximum absolute atomic E-state index is 2.38. The lowest BCUT2D eigenvalue weighted by Crippen LogP contribution is -1.70. The molecule has 1 aliphatic rings. The Morgan fingerprint density at radius 1 is 1.36 bits per heavy atom. The van der Waals surface area contributed by atoms with Crippen molar-refractivity contribution in [3.05, 3.63) is 28.0 Å². The summed E-state index contributed by atoms with van der Waals surface area (Å²) in [5, 5.41) is 0. The van der Waals surface area contributed by atoms with E-state index in [0.717, 1.165) is 0 Å². The first kappa shape index (κ1) is 7.11. The molecular formula is C10H12S. The Hall–Kier alpha value is -0.560. The van der Waals surface area contributed by atoms with Gasteiger partial charge in [-0.2, -0.15) is 0 Å². The van der Waals surface area contributed by atoms with E-state index in [9.17, 15) is 0 Å². The quantitative estimate of drug-likeness (QED) is 0.594. The van der Waals surface area contributed by atoms with Gasteiger partial charge in [0.25, 0.3) is 0 Å². The second kappa shape index (κ2) is 2.82. The third-order valence-corrected chi connectivity index (χ3v) is 3.17. The molecule has 1 heterocycles. The molecule has 0 atom stereocenters. The summed E-state index contributed by atoms with van der Waals surface area (Å²) >= 11 is 1.92. The van der Waals surface area contributed by atoms with Crippen LogP contribution in [0.4, 0.5) is 0 Å². The molecule has 0 spiro atoms. The number of hydrogen-bond acceptors (Lipinski definition) is 1. The highest BCUT2D eigenvalue weighted by Gasteiger charge is 2.07. The Bertz CT molecular complexity index is 281.